The molecule has 2 rings (SSSR count). The molecule has 0 aromatic heterocycles. The molecule has 2 N–H and O–H groups in total. The Morgan fingerprint density at radius 3 is 2.33 bits per heavy atom. The number of nitrogens with two attached hydrogens (primary N) is 1. The van der Waals surface area contributed by atoms with Crippen LogP contribution in [0.15, 0.2) is 29.3 Å². The van der Waals surface area contributed by atoms with Gasteiger partial charge in [-0.3, -0.25) is 4.99 Å². The predicted octanol–water partition coefficient (Wildman–Crippen LogP) is 2.79. The number of aliphatic imine (C=N–C) groups is 1. The second kappa shape index (κ2) is 8.92. The molecule has 1 aliphatic rings. The summed E-state index contributed by atoms with van der Waals surface area (Å²) in [5, 5.41) is 0. The average Bonchev–Trinajstić information content (AvgIpc) is 2.63. The Bertz CT molecular complexity index is 518. The monoisotopic (exact) mass is 333 g/mol. The maximum atomic E-state index is 6.18. The summed E-state index contributed by atoms with van der Waals surface area (Å²) in [5.74, 6) is 1.55. The standard InChI is InChI=1S/C19H31N3O2/c1-4-22(5-2)18(20)21-15-19(11-13-23-14-12-19)16-7-9-17(10-8-16)24-6-3/h7-10H,4-6,11-15H2,1-3H3,(H2,20,21). The van der Waals surface area contributed by atoms with Crippen molar-refractivity contribution in [2.45, 2.75) is 39.0 Å². The van der Waals surface area contributed by atoms with Gasteiger partial charge < -0.3 is 20.1 Å². The van der Waals surface area contributed by atoms with Crippen LogP contribution in [0.2, 0.25) is 0 Å². The minimum Gasteiger partial charge on any atom is -0.494 e. The first-order chi connectivity index (χ1) is 11.6. The van der Waals surface area contributed by atoms with Gasteiger partial charge in [-0.25, -0.2) is 0 Å². The summed E-state index contributed by atoms with van der Waals surface area (Å²) in [6.45, 7) is 10.9. The van der Waals surface area contributed by atoms with Gasteiger partial charge in [0.05, 0.1) is 13.2 Å². The first-order valence-corrected chi connectivity index (χ1v) is 9.01. The van der Waals surface area contributed by atoms with Crippen molar-refractivity contribution in [2.75, 3.05) is 39.5 Å². The number of rotatable bonds is 7. The molecule has 134 valence electrons. The minimum atomic E-state index is 0.000761. The van der Waals surface area contributed by atoms with Gasteiger partial charge >= 0.3 is 0 Å². The van der Waals surface area contributed by atoms with E-state index in [1.807, 2.05) is 19.1 Å². The van der Waals surface area contributed by atoms with E-state index in [0.29, 0.717) is 19.1 Å². The number of hydrogen-bond acceptors (Lipinski definition) is 3. The molecule has 0 aliphatic carbocycles. The highest BCUT2D eigenvalue weighted by atomic mass is 16.5. The van der Waals surface area contributed by atoms with Crippen LogP contribution in [-0.2, 0) is 10.2 Å². The molecular weight excluding hydrogens is 302 g/mol. The molecule has 1 aromatic carbocycles. The Hall–Kier alpha value is -1.75. The molecule has 0 amide bonds. The van der Waals surface area contributed by atoms with Gasteiger partial charge in [0, 0.05) is 31.7 Å². The molecule has 0 bridgehead atoms. The van der Waals surface area contributed by atoms with Crippen molar-refractivity contribution < 1.29 is 9.47 Å². The Kier molecular flexibility index (Phi) is 6.91. The van der Waals surface area contributed by atoms with E-state index in [1.165, 1.54) is 5.56 Å². The maximum absolute atomic E-state index is 6.18. The van der Waals surface area contributed by atoms with E-state index in [0.717, 1.165) is 44.9 Å². The molecule has 1 aliphatic heterocycles. The topological polar surface area (TPSA) is 60.1 Å². The van der Waals surface area contributed by atoms with Crippen molar-refractivity contribution in [1.29, 1.82) is 0 Å². The molecule has 1 fully saturated rings. The molecule has 0 unspecified atom stereocenters. The normalized spacial score (nSPS) is 17.5. The van der Waals surface area contributed by atoms with Gasteiger partial charge in [-0.05, 0) is 51.3 Å². The number of guanidine groups is 1. The number of ether oxygens (including phenoxy) is 2. The molecular formula is C19H31N3O2. The van der Waals surface area contributed by atoms with Gasteiger partial charge in [0.25, 0.3) is 0 Å². The summed E-state index contributed by atoms with van der Waals surface area (Å²) in [4.78, 5) is 6.82. The zero-order valence-electron chi connectivity index (χ0n) is 15.3. The van der Waals surface area contributed by atoms with Crippen molar-refractivity contribution in [3.63, 3.8) is 0 Å². The van der Waals surface area contributed by atoms with E-state index in [-0.39, 0.29) is 5.41 Å². The van der Waals surface area contributed by atoms with Crippen LogP contribution in [0.25, 0.3) is 0 Å². The Balaban J connectivity index is 2.21. The lowest BCUT2D eigenvalue weighted by Crippen LogP contribution is -2.41. The first kappa shape index (κ1) is 18.6. The zero-order valence-corrected chi connectivity index (χ0v) is 15.3. The molecule has 0 spiro atoms. The number of benzene rings is 1. The summed E-state index contributed by atoms with van der Waals surface area (Å²) >= 11 is 0. The van der Waals surface area contributed by atoms with Crippen molar-refractivity contribution in [3.8, 4) is 5.75 Å². The predicted molar refractivity (Wildman–Crippen MR) is 98.8 cm³/mol. The largest absolute Gasteiger partial charge is 0.494 e. The molecule has 1 aromatic rings. The second-order valence-electron chi connectivity index (χ2n) is 6.20. The first-order valence-electron chi connectivity index (χ1n) is 9.01. The van der Waals surface area contributed by atoms with Gasteiger partial charge in [-0.2, -0.15) is 0 Å². The Morgan fingerprint density at radius 1 is 1.17 bits per heavy atom. The molecule has 5 heteroatoms. The third kappa shape index (κ3) is 4.41. The van der Waals surface area contributed by atoms with E-state index in [4.69, 9.17) is 20.2 Å². The van der Waals surface area contributed by atoms with Crippen molar-refractivity contribution in [3.05, 3.63) is 29.8 Å². The van der Waals surface area contributed by atoms with Crippen LogP contribution in [0.1, 0.15) is 39.2 Å². The minimum absolute atomic E-state index is 0.000761. The molecule has 1 heterocycles. The fraction of sp³-hybridized carbons (Fsp3) is 0.632. The smallest absolute Gasteiger partial charge is 0.191 e. The number of nitrogens with zero attached hydrogens (tertiary/aromatic N) is 2. The lowest BCUT2D eigenvalue weighted by molar-refractivity contribution is 0.0530. The quantitative estimate of drug-likeness (QED) is 0.616. The van der Waals surface area contributed by atoms with Gasteiger partial charge in [0.1, 0.15) is 5.75 Å². The lowest BCUT2D eigenvalue weighted by Gasteiger charge is -2.37. The summed E-state index contributed by atoms with van der Waals surface area (Å²) < 4.78 is 11.2. The van der Waals surface area contributed by atoms with Gasteiger partial charge in [0.2, 0.25) is 0 Å². The summed E-state index contributed by atoms with van der Waals surface area (Å²) in [7, 11) is 0. The van der Waals surface area contributed by atoms with Crippen LogP contribution in [-0.4, -0.2) is 50.3 Å². The fourth-order valence-corrected chi connectivity index (χ4v) is 3.25. The van der Waals surface area contributed by atoms with E-state index < -0.39 is 0 Å². The summed E-state index contributed by atoms with van der Waals surface area (Å²) in [6.07, 6.45) is 1.94. The molecule has 5 nitrogen and oxygen atoms in total. The zero-order chi connectivity index (χ0) is 17.4. The van der Waals surface area contributed by atoms with Crippen LogP contribution in [0.4, 0.5) is 0 Å². The average molecular weight is 333 g/mol. The van der Waals surface area contributed by atoms with Crippen LogP contribution >= 0.6 is 0 Å². The molecule has 0 atom stereocenters. The lowest BCUT2D eigenvalue weighted by atomic mass is 9.74. The molecule has 1 saturated heterocycles. The summed E-state index contributed by atoms with van der Waals surface area (Å²) in [6, 6.07) is 8.43. The van der Waals surface area contributed by atoms with Crippen LogP contribution in [0.3, 0.4) is 0 Å². The van der Waals surface area contributed by atoms with Crippen molar-refractivity contribution in [2.24, 2.45) is 10.7 Å². The molecule has 24 heavy (non-hydrogen) atoms. The fourth-order valence-electron chi connectivity index (χ4n) is 3.25. The van der Waals surface area contributed by atoms with E-state index in [1.54, 1.807) is 0 Å². The maximum Gasteiger partial charge on any atom is 0.191 e. The second-order valence-corrected chi connectivity index (χ2v) is 6.20. The molecule has 0 radical (unpaired) electrons. The van der Waals surface area contributed by atoms with Gasteiger partial charge in [0.15, 0.2) is 5.96 Å². The Labute approximate surface area is 145 Å². The van der Waals surface area contributed by atoms with Gasteiger partial charge in [-0.1, -0.05) is 12.1 Å². The van der Waals surface area contributed by atoms with Crippen LogP contribution in [0, 0.1) is 0 Å². The molecule has 0 saturated carbocycles. The Morgan fingerprint density at radius 2 is 1.79 bits per heavy atom. The van der Waals surface area contributed by atoms with Crippen LogP contribution < -0.4 is 10.5 Å². The third-order valence-corrected chi connectivity index (χ3v) is 4.86. The van der Waals surface area contributed by atoms with Crippen molar-refractivity contribution in [1.82, 2.24) is 4.90 Å². The van der Waals surface area contributed by atoms with Crippen LogP contribution in [0.5, 0.6) is 5.75 Å². The van der Waals surface area contributed by atoms with Gasteiger partial charge in [-0.15, -0.1) is 0 Å². The number of hydrogen-bond donors (Lipinski definition) is 1. The van der Waals surface area contributed by atoms with E-state index >= 15 is 0 Å². The highest BCUT2D eigenvalue weighted by Gasteiger charge is 2.34. The highest BCUT2D eigenvalue weighted by molar-refractivity contribution is 5.78. The summed E-state index contributed by atoms with van der Waals surface area (Å²) in [5.41, 5.74) is 7.48. The van der Waals surface area contributed by atoms with Crippen molar-refractivity contribution >= 4 is 5.96 Å². The third-order valence-electron chi connectivity index (χ3n) is 4.86. The highest BCUT2D eigenvalue weighted by Crippen LogP contribution is 2.36. The SMILES string of the molecule is CCOc1ccc(C2(CN=C(N)N(CC)CC)CCOCC2)cc1. The van der Waals surface area contributed by atoms with E-state index in [9.17, 15) is 0 Å². The van der Waals surface area contributed by atoms with E-state index in [2.05, 4.69) is 30.9 Å².